The van der Waals surface area contributed by atoms with Crippen molar-refractivity contribution in [2.24, 2.45) is 0 Å². The van der Waals surface area contributed by atoms with Crippen molar-refractivity contribution in [3.8, 4) is 0 Å². The van der Waals surface area contributed by atoms with E-state index in [-0.39, 0.29) is 0 Å². The average Bonchev–Trinajstić information content (AvgIpc) is 2.95. The lowest BCUT2D eigenvalue weighted by atomic mass is 10.3. The number of aryl methyl sites for hydroxylation is 1. The van der Waals surface area contributed by atoms with E-state index in [1.165, 1.54) is 6.92 Å². The minimum absolute atomic E-state index is 0.338. The van der Waals surface area contributed by atoms with Crippen LogP contribution in [0.25, 0.3) is 0 Å². The van der Waals surface area contributed by atoms with E-state index in [1.54, 1.807) is 18.2 Å². The lowest BCUT2D eigenvalue weighted by molar-refractivity contribution is -0.123. The highest BCUT2D eigenvalue weighted by atomic mass is 79.9. The molecule has 6 nitrogen and oxygen atoms in total. The van der Waals surface area contributed by atoms with Crippen LogP contribution in [-0.2, 0) is 16.0 Å². The summed E-state index contributed by atoms with van der Waals surface area (Å²) in [7, 11) is 0. The number of hydrogen-bond acceptors (Lipinski definition) is 6. The molecule has 1 N–H and O–H groups in total. The molecule has 0 saturated heterocycles. The van der Waals surface area contributed by atoms with E-state index < -0.39 is 18.0 Å². The van der Waals surface area contributed by atoms with Gasteiger partial charge in [0, 0.05) is 10.2 Å². The Kier molecular flexibility index (Phi) is 5.62. The minimum atomic E-state index is -0.918. The summed E-state index contributed by atoms with van der Waals surface area (Å²) in [5.41, 5.74) is 1.20. The SMILES string of the molecule is CCc1nnsc1C(=O)O[C@H](C)C(=O)Nc1cccc(Br)c1. The summed E-state index contributed by atoms with van der Waals surface area (Å²) in [5, 5.41) is 6.54. The Hall–Kier alpha value is -1.80. The second kappa shape index (κ2) is 7.46. The van der Waals surface area contributed by atoms with Gasteiger partial charge in [-0.15, -0.1) is 5.10 Å². The monoisotopic (exact) mass is 383 g/mol. The number of nitrogens with zero attached hydrogens (tertiary/aromatic N) is 2. The van der Waals surface area contributed by atoms with Crippen molar-refractivity contribution in [3.05, 3.63) is 39.3 Å². The molecular weight excluding hydrogens is 370 g/mol. The molecule has 2 rings (SSSR count). The van der Waals surface area contributed by atoms with E-state index in [0.29, 0.717) is 22.7 Å². The smallest absolute Gasteiger partial charge is 0.352 e. The predicted molar refractivity (Wildman–Crippen MR) is 86.9 cm³/mol. The van der Waals surface area contributed by atoms with Crippen LogP contribution in [0.15, 0.2) is 28.7 Å². The molecule has 116 valence electrons. The molecule has 2 aromatic rings. The van der Waals surface area contributed by atoms with E-state index in [2.05, 4.69) is 30.8 Å². The molecule has 0 bridgehead atoms. The Morgan fingerprint density at radius 2 is 2.23 bits per heavy atom. The molecular formula is C14H14BrN3O3S. The number of rotatable bonds is 5. The summed E-state index contributed by atoms with van der Waals surface area (Å²) in [6.07, 6.45) is -0.335. The Morgan fingerprint density at radius 1 is 1.45 bits per heavy atom. The molecule has 1 amide bonds. The summed E-state index contributed by atoms with van der Waals surface area (Å²) in [6.45, 7) is 3.39. The first-order chi connectivity index (χ1) is 10.5. The lowest BCUT2D eigenvalue weighted by Gasteiger charge is -2.13. The molecule has 1 atom stereocenters. The molecule has 0 fully saturated rings. The van der Waals surface area contributed by atoms with Crippen LogP contribution in [0, 0.1) is 0 Å². The molecule has 1 aromatic heterocycles. The fourth-order valence-corrected chi connectivity index (χ4v) is 2.71. The first kappa shape index (κ1) is 16.6. The van der Waals surface area contributed by atoms with Crippen LogP contribution in [0.4, 0.5) is 5.69 Å². The molecule has 0 saturated carbocycles. The molecule has 1 heterocycles. The Balaban J connectivity index is 1.98. The molecule has 22 heavy (non-hydrogen) atoms. The van der Waals surface area contributed by atoms with E-state index in [0.717, 1.165) is 16.0 Å². The minimum Gasteiger partial charge on any atom is -0.448 e. The number of hydrogen-bond donors (Lipinski definition) is 1. The second-order valence-corrected chi connectivity index (χ2v) is 6.12. The third-order valence-corrected chi connectivity index (χ3v) is 4.06. The molecule has 0 unspecified atom stereocenters. The van der Waals surface area contributed by atoms with Crippen LogP contribution >= 0.6 is 27.5 Å². The van der Waals surface area contributed by atoms with E-state index in [9.17, 15) is 9.59 Å². The van der Waals surface area contributed by atoms with Crippen molar-refractivity contribution in [2.75, 3.05) is 5.32 Å². The molecule has 0 spiro atoms. The van der Waals surface area contributed by atoms with Crippen molar-refractivity contribution >= 4 is 45.0 Å². The largest absolute Gasteiger partial charge is 0.448 e. The number of anilines is 1. The highest BCUT2D eigenvalue weighted by Crippen LogP contribution is 2.17. The average molecular weight is 384 g/mol. The van der Waals surface area contributed by atoms with E-state index in [1.807, 2.05) is 13.0 Å². The van der Waals surface area contributed by atoms with Crippen LogP contribution in [0.2, 0.25) is 0 Å². The summed E-state index contributed by atoms with van der Waals surface area (Å²) in [5.74, 6) is -0.981. The topological polar surface area (TPSA) is 81.2 Å². The van der Waals surface area contributed by atoms with Gasteiger partial charge in [-0.1, -0.05) is 33.4 Å². The third kappa shape index (κ3) is 4.11. The van der Waals surface area contributed by atoms with Crippen molar-refractivity contribution in [2.45, 2.75) is 26.4 Å². The molecule has 1 aromatic carbocycles. The van der Waals surface area contributed by atoms with Crippen LogP contribution in [0.3, 0.4) is 0 Å². The third-order valence-electron chi connectivity index (χ3n) is 2.82. The molecule has 0 radical (unpaired) electrons. The van der Waals surface area contributed by atoms with Crippen LogP contribution < -0.4 is 5.32 Å². The Bertz CT molecular complexity index is 689. The molecule has 0 aliphatic heterocycles. The van der Waals surface area contributed by atoms with Crippen molar-refractivity contribution < 1.29 is 14.3 Å². The zero-order valence-electron chi connectivity index (χ0n) is 12.0. The number of aromatic nitrogens is 2. The van der Waals surface area contributed by atoms with Gasteiger partial charge in [0.05, 0.1) is 5.69 Å². The van der Waals surface area contributed by atoms with Crippen molar-refractivity contribution in [1.29, 1.82) is 0 Å². The number of esters is 1. The highest BCUT2D eigenvalue weighted by Gasteiger charge is 2.22. The first-order valence-corrected chi connectivity index (χ1v) is 8.16. The van der Waals surface area contributed by atoms with E-state index in [4.69, 9.17) is 4.74 Å². The number of halogens is 1. The number of amides is 1. The Labute approximate surface area is 140 Å². The number of carbonyl (C=O) groups excluding carboxylic acids is 2. The van der Waals surface area contributed by atoms with Gasteiger partial charge in [-0.25, -0.2) is 4.79 Å². The van der Waals surface area contributed by atoms with Gasteiger partial charge in [0.15, 0.2) is 11.0 Å². The normalized spacial score (nSPS) is 11.8. The maximum Gasteiger partial charge on any atom is 0.352 e. The second-order valence-electron chi connectivity index (χ2n) is 4.45. The van der Waals surface area contributed by atoms with Gasteiger partial charge >= 0.3 is 5.97 Å². The first-order valence-electron chi connectivity index (χ1n) is 6.60. The summed E-state index contributed by atoms with van der Waals surface area (Å²) >= 11 is 4.29. The fourth-order valence-electron chi connectivity index (χ4n) is 1.67. The van der Waals surface area contributed by atoms with Gasteiger partial charge in [-0.05, 0) is 43.1 Å². The van der Waals surface area contributed by atoms with Crippen molar-refractivity contribution in [3.63, 3.8) is 0 Å². The summed E-state index contributed by atoms with van der Waals surface area (Å²) in [6, 6.07) is 7.16. The van der Waals surface area contributed by atoms with Gasteiger partial charge in [0.25, 0.3) is 5.91 Å². The van der Waals surface area contributed by atoms with Crippen LogP contribution in [0.5, 0.6) is 0 Å². The maximum absolute atomic E-state index is 12.1. The highest BCUT2D eigenvalue weighted by molar-refractivity contribution is 9.10. The maximum atomic E-state index is 12.1. The number of nitrogens with one attached hydrogen (secondary N) is 1. The fraction of sp³-hybridized carbons (Fsp3) is 0.286. The van der Waals surface area contributed by atoms with Gasteiger partial charge in [-0.2, -0.15) is 0 Å². The van der Waals surface area contributed by atoms with Crippen LogP contribution in [-0.4, -0.2) is 27.6 Å². The molecule has 0 aliphatic carbocycles. The predicted octanol–water partition coefficient (Wildman–Crippen LogP) is 3.05. The van der Waals surface area contributed by atoms with Crippen molar-refractivity contribution in [1.82, 2.24) is 9.59 Å². The zero-order valence-corrected chi connectivity index (χ0v) is 14.4. The summed E-state index contributed by atoms with van der Waals surface area (Å²) < 4.78 is 9.74. The Morgan fingerprint density at radius 3 is 2.91 bits per heavy atom. The quantitative estimate of drug-likeness (QED) is 0.802. The molecule has 8 heteroatoms. The lowest BCUT2D eigenvalue weighted by Crippen LogP contribution is -2.30. The van der Waals surface area contributed by atoms with E-state index >= 15 is 0 Å². The van der Waals surface area contributed by atoms with Gasteiger partial charge < -0.3 is 10.1 Å². The van der Waals surface area contributed by atoms with Gasteiger partial charge in [0.2, 0.25) is 0 Å². The molecule has 0 aliphatic rings. The van der Waals surface area contributed by atoms with Gasteiger partial charge in [-0.3, -0.25) is 4.79 Å². The standard InChI is InChI=1S/C14H14BrN3O3S/c1-3-11-12(22-18-17-11)14(20)21-8(2)13(19)16-10-6-4-5-9(15)7-10/h4-8H,3H2,1-2H3,(H,16,19)/t8-/m1/s1. The van der Waals surface area contributed by atoms with Crippen LogP contribution in [0.1, 0.15) is 29.2 Å². The van der Waals surface area contributed by atoms with Gasteiger partial charge in [0.1, 0.15) is 0 Å². The number of benzene rings is 1. The zero-order chi connectivity index (χ0) is 16.1. The number of ether oxygens (including phenoxy) is 1. The number of carbonyl (C=O) groups is 2. The summed E-state index contributed by atoms with van der Waals surface area (Å²) in [4.78, 5) is 24.4.